The first-order valence-corrected chi connectivity index (χ1v) is 5.07. The van der Waals surface area contributed by atoms with Gasteiger partial charge in [-0.25, -0.2) is 4.79 Å². The number of nitrogens with two attached hydrogens (primary N) is 1. The maximum absolute atomic E-state index is 11.4. The van der Waals surface area contributed by atoms with Crippen LogP contribution in [0, 0.1) is 0 Å². The molecule has 1 aromatic carbocycles. The van der Waals surface area contributed by atoms with Gasteiger partial charge >= 0.3 is 5.97 Å². The van der Waals surface area contributed by atoms with E-state index in [2.05, 4.69) is 0 Å². The smallest absolute Gasteiger partial charge is 0.338 e. The molecule has 0 aliphatic heterocycles. The van der Waals surface area contributed by atoms with Crippen molar-refractivity contribution in [2.24, 2.45) is 5.73 Å². The SMILES string of the molecule is COC(=O)c1ccccc1CC[C@H](C)N. The molecule has 0 unspecified atom stereocenters. The van der Waals surface area contributed by atoms with Crippen LogP contribution >= 0.6 is 0 Å². The predicted octanol–water partition coefficient (Wildman–Crippen LogP) is 1.75. The molecule has 0 bridgehead atoms. The Labute approximate surface area is 90.2 Å². The average Bonchev–Trinajstić information content (AvgIpc) is 2.25. The number of carbonyl (C=O) groups is 1. The van der Waals surface area contributed by atoms with Crippen LogP contribution in [0.5, 0.6) is 0 Å². The van der Waals surface area contributed by atoms with Crippen molar-refractivity contribution >= 4 is 5.97 Å². The minimum atomic E-state index is -0.282. The van der Waals surface area contributed by atoms with Crippen molar-refractivity contribution in [2.75, 3.05) is 7.11 Å². The molecule has 0 aliphatic carbocycles. The highest BCUT2D eigenvalue weighted by Gasteiger charge is 2.10. The van der Waals surface area contributed by atoms with Gasteiger partial charge in [0, 0.05) is 6.04 Å². The van der Waals surface area contributed by atoms with E-state index in [1.165, 1.54) is 7.11 Å². The summed E-state index contributed by atoms with van der Waals surface area (Å²) in [6, 6.07) is 7.62. The lowest BCUT2D eigenvalue weighted by atomic mass is 10.0. The average molecular weight is 207 g/mol. The molecule has 0 spiro atoms. The van der Waals surface area contributed by atoms with E-state index in [-0.39, 0.29) is 12.0 Å². The molecule has 15 heavy (non-hydrogen) atoms. The Morgan fingerprint density at radius 2 is 2.13 bits per heavy atom. The van der Waals surface area contributed by atoms with Gasteiger partial charge in [0.15, 0.2) is 0 Å². The molecular weight excluding hydrogens is 190 g/mol. The fraction of sp³-hybridized carbons (Fsp3) is 0.417. The lowest BCUT2D eigenvalue weighted by molar-refractivity contribution is 0.0599. The second-order valence-electron chi connectivity index (χ2n) is 3.66. The molecule has 0 radical (unpaired) electrons. The summed E-state index contributed by atoms with van der Waals surface area (Å²) in [5.41, 5.74) is 7.32. The summed E-state index contributed by atoms with van der Waals surface area (Å²) in [5, 5.41) is 0. The predicted molar refractivity (Wildman–Crippen MR) is 59.8 cm³/mol. The zero-order valence-electron chi connectivity index (χ0n) is 9.19. The van der Waals surface area contributed by atoms with E-state index in [9.17, 15) is 4.79 Å². The molecule has 1 atom stereocenters. The van der Waals surface area contributed by atoms with Crippen molar-refractivity contribution in [3.05, 3.63) is 35.4 Å². The molecule has 1 rings (SSSR count). The van der Waals surface area contributed by atoms with Gasteiger partial charge < -0.3 is 10.5 Å². The normalized spacial score (nSPS) is 12.2. The zero-order chi connectivity index (χ0) is 11.3. The highest BCUT2D eigenvalue weighted by atomic mass is 16.5. The number of aryl methyl sites for hydroxylation is 1. The number of carbonyl (C=O) groups excluding carboxylic acids is 1. The number of ether oxygens (including phenoxy) is 1. The highest BCUT2D eigenvalue weighted by molar-refractivity contribution is 5.90. The van der Waals surface area contributed by atoms with Gasteiger partial charge in [0.25, 0.3) is 0 Å². The molecule has 0 saturated carbocycles. The molecule has 0 amide bonds. The third kappa shape index (κ3) is 3.36. The van der Waals surface area contributed by atoms with E-state index in [0.717, 1.165) is 18.4 Å². The van der Waals surface area contributed by atoms with Gasteiger partial charge in [0.1, 0.15) is 0 Å². The van der Waals surface area contributed by atoms with Crippen LogP contribution in [0.3, 0.4) is 0 Å². The topological polar surface area (TPSA) is 52.3 Å². The molecule has 0 aromatic heterocycles. The first kappa shape index (κ1) is 11.7. The van der Waals surface area contributed by atoms with Gasteiger partial charge in [-0.3, -0.25) is 0 Å². The number of rotatable bonds is 4. The van der Waals surface area contributed by atoms with Gasteiger partial charge in [-0.15, -0.1) is 0 Å². The van der Waals surface area contributed by atoms with Gasteiger partial charge in [0.2, 0.25) is 0 Å². The van der Waals surface area contributed by atoms with Gasteiger partial charge in [-0.2, -0.15) is 0 Å². The quantitative estimate of drug-likeness (QED) is 0.765. The summed E-state index contributed by atoms with van der Waals surface area (Å²) >= 11 is 0. The molecule has 0 saturated heterocycles. The van der Waals surface area contributed by atoms with Crippen LogP contribution in [0.4, 0.5) is 0 Å². The first-order valence-electron chi connectivity index (χ1n) is 5.07. The summed E-state index contributed by atoms with van der Waals surface area (Å²) in [6.45, 7) is 1.96. The largest absolute Gasteiger partial charge is 0.465 e. The van der Waals surface area contributed by atoms with Gasteiger partial charge in [-0.1, -0.05) is 18.2 Å². The van der Waals surface area contributed by atoms with Crippen LogP contribution in [0.1, 0.15) is 29.3 Å². The molecule has 82 valence electrons. The molecule has 3 heteroatoms. The maximum atomic E-state index is 11.4. The monoisotopic (exact) mass is 207 g/mol. The van der Waals surface area contributed by atoms with Crippen molar-refractivity contribution < 1.29 is 9.53 Å². The van der Waals surface area contributed by atoms with Gasteiger partial charge in [-0.05, 0) is 31.4 Å². The van der Waals surface area contributed by atoms with E-state index < -0.39 is 0 Å². The number of benzene rings is 1. The second-order valence-corrected chi connectivity index (χ2v) is 3.66. The molecule has 2 N–H and O–H groups in total. The minimum absolute atomic E-state index is 0.149. The van der Waals surface area contributed by atoms with Crippen LogP contribution < -0.4 is 5.73 Å². The Hall–Kier alpha value is -1.35. The molecule has 1 aromatic rings. The van der Waals surface area contributed by atoms with Crippen molar-refractivity contribution in [1.82, 2.24) is 0 Å². The standard InChI is InChI=1S/C12H17NO2/c1-9(13)7-8-10-5-3-4-6-11(10)12(14)15-2/h3-6,9H,7-8,13H2,1-2H3/t9-/m0/s1. The molecule has 0 heterocycles. The fourth-order valence-corrected chi connectivity index (χ4v) is 1.43. The lowest BCUT2D eigenvalue weighted by Crippen LogP contribution is -2.16. The Morgan fingerprint density at radius 1 is 1.47 bits per heavy atom. The van der Waals surface area contributed by atoms with Crippen LogP contribution in [-0.4, -0.2) is 19.1 Å². The summed E-state index contributed by atoms with van der Waals surface area (Å²) in [6.07, 6.45) is 1.68. The molecule has 0 fully saturated rings. The van der Waals surface area contributed by atoms with E-state index >= 15 is 0 Å². The van der Waals surface area contributed by atoms with Crippen molar-refractivity contribution in [2.45, 2.75) is 25.8 Å². The number of hydrogen-bond donors (Lipinski definition) is 1. The minimum Gasteiger partial charge on any atom is -0.465 e. The Bertz CT molecular complexity index is 334. The molecule has 3 nitrogen and oxygen atoms in total. The number of methoxy groups -OCH3 is 1. The third-order valence-corrected chi connectivity index (χ3v) is 2.29. The molecular formula is C12H17NO2. The summed E-state index contributed by atoms with van der Waals surface area (Å²) in [7, 11) is 1.39. The van der Waals surface area contributed by atoms with Crippen LogP contribution in [0.15, 0.2) is 24.3 Å². The van der Waals surface area contributed by atoms with E-state index in [1.54, 1.807) is 6.07 Å². The molecule has 0 aliphatic rings. The van der Waals surface area contributed by atoms with E-state index in [4.69, 9.17) is 10.5 Å². The zero-order valence-corrected chi connectivity index (χ0v) is 9.19. The summed E-state index contributed by atoms with van der Waals surface area (Å²) in [5.74, 6) is -0.282. The summed E-state index contributed by atoms with van der Waals surface area (Å²) in [4.78, 5) is 11.4. The Kier molecular flexibility index (Phi) is 4.31. The van der Waals surface area contributed by atoms with E-state index in [0.29, 0.717) is 5.56 Å². The van der Waals surface area contributed by atoms with E-state index in [1.807, 2.05) is 25.1 Å². The summed E-state index contributed by atoms with van der Waals surface area (Å²) < 4.78 is 4.71. The number of hydrogen-bond acceptors (Lipinski definition) is 3. The first-order chi connectivity index (χ1) is 7.15. The van der Waals surface area contributed by atoms with Gasteiger partial charge in [0.05, 0.1) is 12.7 Å². The van der Waals surface area contributed by atoms with Crippen molar-refractivity contribution in [3.63, 3.8) is 0 Å². The van der Waals surface area contributed by atoms with Crippen molar-refractivity contribution in [3.8, 4) is 0 Å². The highest BCUT2D eigenvalue weighted by Crippen LogP contribution is 2.12. The van der Waals surface area contributed by atoms with Crippen molar-refractivity contribution in [1.29, 1.82) is 0 Å². The Morgan fingerprint density at radius 3 is 2.73 bits per heavy atom. The van der Waals surface area contributed by atoms with Crippen LogP contribution in [0.25, 0.3) is 0 Å². The second kappa shape index (κ2) is 5.51. The maximum Gasteiger partial charge on any atom is 0.338 e. The fourth-order valence-electron chi connectivity index (χ4n) is 1.43. The number of esters is 1. The van der Waals surface area contributed by atoms with Crippen LogP contribution in [-0.2, 0) is 11.2 Å². The lowest BCUT2D eigenvalue weighted by Gasteiger charge is -2.09. The Balaban J connectivity index is 2.81. The van der Waals surface area contributed by atoms with Crippen LogP contribution in [0.2, 0.25) is 0 Å². The third-order valence-electron chi connectivity index (χ3n) is 2.29.